The Morgan fingerprint density at radius 2 is 1.64 bits per heavy atom. The van der Waals surface area contributed by atoms with Gasteiger partial charge in [-0.05, 0) is 6.42 Å². The molecule has 0 spiro atoms. The van der Waals surface area contributed by atoms with Gasteiger partial charge in [-0.2, -0.15) is 0 Å². The molecule has 0 unspecified atom stereocenters. The van der Waals surface area contributed by atoms with Crippen molar-refractivity contribution in [3.05, 3.63) is 0 Å². The van der Waals surface area contributed by atoms with Gasteiger partial charge in [0, 0.05) is 0 Å². The minimum atomic E-state index is -2.90. The smallest absolute Gasteiger partial charge is 0.209 e. The molecule has 0 saturated heterocycles. The first-order valence-electron chi connectivity index (χ1n) is 3.98. The molecular weight excluding hydrogens is 228 g/mol. The van der Waals surface area contributed by atoms with Crippen molar-refractivity contribution in [3.63, 3.8) is 0 Å². The second kappa shape index (κ2) is 6.00. The summed E-state index contributed by atoms with van der Waals surface area (Å²) in [7, 11) is -2.90. The van der Waals surface area contributed by atoms with E-state index in [1.807, 2.05) is 0 Å². The molecule has 0 aromatic heterocycles. The zero-order valence-electron chi connectivity index (χ0n) is 6.85. The predicted octanol–water partition coefficient (Wildman–Crippen LogP) is 2.68. The predicted molar refractivity (Wildman–Crippen MR) is 51.5 cm³/mol. The minimum absolute atomic E-state index is 0.275. The minimum Gasteiger partial charge on any atom is -0.217 e. The van der Waals surface area contributed by atoms with E-state index in [4.69, 9.17) is 0 Å². The number of halogens is 1. The van der Waals surface area contributed by atoms with Crippen LogP contribution in [0.4, 0.5) is 0 Å². The Bertz CT molecular complexity index is 175. The van der Waals surface area contributed by atoms with Crippen LogP contribution in [-0.2, 0) is 8.27 Å². The van der Waals surface area contributed by atoms with E-state index >= 15 is 0 Å². The standard InChI is InChI=1S/C7H15BrO2S/c1-2-3-4-5-6-7-11(8,9)10/h2-7H2,1H3. The molecule has 4 heteroatoms. The van der Waals surface area contributed by atoms with Gasteiger partial charge < -0.3 is 0 Å². The fraction of sp³-hybridized carbons (Fsp3) is 1.00. The highest BCUT2D eigenvalue weighted by Crippen LogP contribution is 2.07. The molecule has 0 aliphatic rings. The van der Waals surface area contributed by atoms with Gasteiger partial charge in [-0.15, -0.1) is 0 Å². The molecule has 0 aromatic rings. The highest BCUT2D eigenvalue weighted by atomic mass is 79.9. The van der Waals surface area contributed by atoms with Crippen molar-refractivity contribution in [2.45, 2.75) is 39.0 Å². The third-order valence-corrected chi connectivity index (χ3v) is 3.24. The first-order chi connectivity index (χ1) is 5.06. The highest BCUT2D eigenvalue weighted by molar-refractivity contribution is 9.47. The molecule has 0 saturated carbocycles. The fourth-order valence-electron chi connectivity index (χ4n) is 0.878. The topological polar surface area (TPSA) is 34.1 Å². The summed E-state index contributed by atoms with van der Waals surface area (Å²) in [5.41, 5.74) is 0. The summed E-state index contributed by atoms with van der Waals surface area (Å²) < 4.78 is 21.2. The Kier molecular flexibility index (Phi) is 6.24. The van der Waals surface area contributed by atoms with Crippen LogP contribution in [0.2, 0.25) is 0 Å². The molecule has 0 amide bonds. The van der Waals surface area contributed by atoms with E-state index in [1.165, 1.54) is 12.8 Å². The van der Waals surface area contributed by atoms with Gasteiger partial charge in [0.15, 0.2) is 0 Å². The van der Waals surface area contributed by atoms with Gasteiger partial charge in [0.05, 0.1) is 20.6 Å². The lowest BCUT2D eigenvalue weighted by atomic mass is 10.2. The number of unbranched alkanes of at least 4 members (excludes halogenated alkanes) is 4. The molecule has 2 nitrogen and oxygen atoms in total. The van der Waals surface area contributed by atoms with Crippen LogP contribution in [0.1, 0.15) is 39.0 Å². The first kappa shape index (κ1) is 11.4. The maximum absolute atomic E-state index is 10.6. The number of hydrogen-bond acceptors (Lipinski definition) is 2. The van der Waals surface area contributed by atoms with Crippen molar-refractivity contribution in [3.8, 4) is 0 Å². The zero-order chi connectivity index (χ0) is 8.74. The molecule has 0 fully saturated rings. The summed E-state index contributed by atoms with van der Waals surface area (Å²) in [5.74, 6) is 0.275. The lowest BCUT2D eigenvalue weighted by Gasteiger charge is -1.96. The average Bonchev–Trinajstić information content (AvgIpc) is 1.85. The summed E-state index contributed by atoms with van der Waals surface area (Å²) >= 11 is 2.62. The van der Waals surface area contributed by atoms with E-state index < -0.39 is 8.27 Å². The molecule has 0 atom stereocenters. The molecule has 0 N–H and O–H groups in total. The Morgan fingerprint density at radius 1 is 1.09 bits per heavy atom. The van der Waals surface area contributed by atoms with E-state index in [1.54, 1.807) is 0 Å². The molecule has 0 aromatic carbocycles. The van der Waals surface area contributed by atoms with E-state index in [0.29, 0.717) is 0 Å². The van der Waals surface area contributed by atoms with Gasteiger partial charge in [-0.1, -0.05) is 32.6 Å². The van der Waals surface area contributed by atoms with E-state index in [-0.39, 0.29) is 5.75 Å². The van der Waals surface area contributed by atoms with Gasteiger partial charge >= 0.3 is 0 Å². The molecule has 0 radical (unpaired) electrons. The van der Waals surface area contributed by atoms with Gasteiger partial charge in [0.1, 0.15) is 0 Å². The van der Waals surface area contributed by atoms with E-state index in [0.717, 1.165) is 19.3 Å². The molecule has 0 aliphatic carbocycles. The summed E-state index contributed by atoms with van der Waals surface area (Å²) in [6.07, 6.45) is 5.37. The number of rotatable bonds is 6. The van der Waals surface area contributed by atoms with Crippen molar-refractivity contribution in [2.75, 3.05) is 5.75 Å². The first-order valence-corrected chi connectivity index (χ1v) is 7.48. The van der Waals surface area contributed by atoms with Gasteiger partial charge in [0.25, 0.3) is 0 Å². The summed E-state index contributed by atoms with van der Waals surface area (Å²) in [6, 6.07) is 0. The molecule has 11 heavy (non-hydrogen) atoms. The summed E-state index contributed by atoms with van der Waals surface area (Å²) in [5, 5.41) is 0. The largest absolute Gasteiger partial charge is 0.217 e. The van der Waals surface area contributed by atoms with Crippen LogP contribution in [0.25, 0.3) is 0 Å². The summed E-state index contributed by atoms with van der Waals surface area (Å²) in [6.45, 7) is 2.14. The average molecular weight is 243 g/mol. The fourth-order valence-corrected chi connectivity index (χ4v) is 2.11. The normalized spacial score (nSPS) is 11.8. The molecule has 0 bridgehead atoms. The molecule has 0 aliphatic heterocycles. The Morgan fingerprint density at radius 3 is 2.09 bits per heavy atom. The van der Waals surface area contributed by atoms with E-state index in [9.17, 15) is 8.42 Å². The summed E-state index contributed by atoms with van der Waals surface area (Å²) in [4.78, 5) is 0. The Labute approximate surface area is 76.5 Å². The van der Waals surface area contributed by atoms with Crippen LogP contribution >= 0.6 is 14.8 Å². The van der Waals surface area contributed by atoms with Crippen LogP contribution in [-0.4, -0.2) is 14.2 Å². The Hall–Kier alpha value is 0.430. The number of hydrogen-bond donors (Lipinski definition) is 0. The molecule has 0 heterocycles. The lowest BCUT2D eigenvalue weighted by molar-refractivity contribution is 0.601. The second-order valence-corrected chi connectivity index (χ2v) is 7.10. The third-order valence-electron chi connectivity index (χ3n) is 1.49. The van der Waals surface area contributed by atoms with Crippen molar-refractivity contribution >= 4 is 23.1 Å². The van der Waals surface area contributed by atoms with Crippen LogP contribution in [0.5, 0.6) is 0 Å². The quantitative estimate of drug-likeness (QED) is 0.531. The highest BCUT2D eigenvalue weighted by Gasteiger charge is 2.02. The molecule has 68 valence electrons. The molecule has 0 rings (SSSR count). The Balaban J connectivity index is 3.16. The van der Waals surface area contributed by atoms with Crippen LogP contribution in [0.15, 0.2) is 0 Å². The maximum Gasteiger partial charge on any atom is 0.209 e. The van der Waals surface area contributed by atoms with Crippen LogP contribution in [0.3, 0.4) is 0 Å². The molecular formula is C7H15BrO2S. The zero-order valence-corrected chi connectivity index (χ0v) is 9.25. The third kappa shape index (κ3) is 10.4. The van der Waals surface area contributed by atoms with E-state index in [2.05, 4.69) is 21.7 Å². The second-order valence-electron chi connectivity index (χ2n) is 2.66. The monoisotopic (exact) mass is 242 g/mol. The van der Waals surface area contributed by atoms with Gasteiger partial charge in [0.2, 0.25) is 8.27 Å². The van der Waals surface area contributed by atoms with Crippen molar-refractivity contribution in [1.29, 1.82) is 0 Å². The maximum atomic E-state index is 10.6. The van der Waals surface area contributed by atoms with Crippen molar-refractivity contribution < 1.29 is 8.42 Å². The van der Waals surface area contributed by atoms with Crippen LogP contribution in [0, 0.1) is 0 Å². The van der Waals surface area contributed by atoms with Crippen molar-refractivity contribution in [1.82, 2.24) is 0 Å². The van der Waals surface area contributed by atoms with Gasteiger partial charge in [-0.25, -0.2) is 8.42 Å². The van der Waals surface area contributed by atoms with Crippen molar-refractivity contribution in [2.24, 2.45) is 0 Å². The van der Waals surface area contributed by atoms with Gasteiger partial charge in [-0.3, -0.25) is 0 Å². The van der Waals surface area contributed by atoms with Crippen LogP contribution < -0.4 is 0 Å². The SMILES string of the molecule is CCCCCCCS(=O)(=O)Br. The lowest BCUT2D eigenvalue weighted by Crippen LogP contribution is -1.95.